The van der Waals surface area contributed by atoms with Gasteiger partial charge in [0.25, 0.3) is 0 Å². The monoisotopic (exact) mass is 338 g/mol. The summed E-state index contributed by atoms with van der Waals surface area (Å²) in [6.45, 7) is 2.89. The fraction of sp³-hybridized carbons (Fsp3) is 0.300. The number of nitrogens with zero attached hydrogens (tertiary/aromatic N) is 1. The number of rotatable bonds is 7. The van der Waals surface area contributed by atoms with E-state index >= 15 is 0 Å². The number of benzene rings is 2. The molecule has 1 aliphatic rings. The summed E-state index contributed by atoms with van der Waals surface area (Å²) in [5.74, 6) is -0.675. The van der Waals surface area contributed by atoms with Gasteiger partial charge in [0, 0.05) is 32.6 Å². The van der Waals surface area contributed by atoms with Crippen molar-refractivity contribution in [2.75, 3.05) is 6.54 Å². The Balaban J connectivity index is 1.57. The van der Waals surface area contributed by atoms with Crippen LogP contribution >= 0.6 is 0 Å². The average molecular weight is 338 g/mol. The maximum absolute atomic E-state index is 11.8. The molecular formula is C20H22N2O3. The number of carbonyl (C=O) groups excluding carboxylic acids is 1. The molecule has 0 spiro atoms. The molecule has 5 heteroatoms. The van der Waals surface area contributed by atoms with Gasteiger partial charge in [-0.15, -0.1) is 0 Å². The lowest BCUT2D eigenvalue weighted by molar-refractivity contribution is -0.128. The van der Waals surface area contributed by atoms with Crippen LogP contribution in [0.15, 0.2) is 48.5 Å². The fourth-order valence-corrected chi connectivity index (χ4v) is 3.07. The third-order valence-electron chi connectivity index (χ3n) is 4.50. The molecule has 0 saturated carbocycles. The van der Waals surface area contributed by atoms with Crippen LogP contribution in [-0.4, -0.2) is 28.4 Å². The molecule has 3 rings (SSSR count). The van der Waals surface area contributed by atoms with Crippen molar-refractivity contribution in [2.24, 2.45) is 0 Å². The van der Waals surface area contributed by atoms with Crippen LogP contribution in [0.5, 0.6) is 0 Å². The van der Waals surface area contributed by atoms with Gasteiger partial charge in [-0.1, -0.05) is 36.4 Å². The van der Waals surface area contributed by atoms with Crippen molar-refractivity contribution in [3.63, 3.8) is 0 Å². The SMILES string of the molecule is O=C(O)c1ccc(CNCc2ccccc2CN2CCCC2=O)cc1. The summed E-state index contributed by atoms with van der Waals surface area (Å²) in [6.07, 6.45) is 1.61. The summed E-state index contributed by atoms with van der Waals surface area (Å²) < 4.78 is 0. The Morgan fingerprint density at radius 1 is 1.04 bits per heavy atom. The van der Waals surface area contributed by atoms with E-state index in [1.807, 2.05) is 29.2 Å². The lowest BCUT2D eigenvalue weighted by atomic mass is 10.1. The molecule has 0 aromatic heterocycles. The van der Waals surface area contributed by atoms with E-state index in [-0.39, 0.29) is 5.91 Å². The van der Waals surface area contributed by atoms with Crippen LogP contribution in [0.1, 0.15) is 39.9 Å². The predicted molar refractivity (Wildman–Crippen MR) is 95.0 cm³/mol. The minimum atomic E-state index is -0.912. The van der Waals surface area contributed by atoms with Crippen LogP contribution in [0.4, 0.5) is 0 Å². The van der Waals surface area contributed by atoms with Gasteiger partial charge in [-0.3, -0.25) is 4.79 Å². The molecule has 1 amide bonds. The first-order valence-corrected chi connectivity index (χ1v) is 8.51. The van der Waals surface area contributed by atoms with Crippen molar-refractivity contribution in [1.29, 1.82) is 0 Å². The van der Waals surface area contributed by atoms with Gasteiger partial charge < -0.3 is 15.3 Å². The summed E-state index contributed by atoms with van der Waals surface area (Å²) in [7, 11) is 0. The Bertz CT molecular complexity index is 756. The molecule has 2 aromatic carbocycles. The highest BCUT2D eigenvalue weighted by Crippen LogP contribution is 2.17. The first-order chi connectivity index (χ1) is 12.1. The molecule has 25 heavy (non-hydrogen) atoms. The molecule has 2 aromatic rings. The van der Waals surface area contributed by atoms with Crippen molar-refractivity contribution < 1.29 is 14.7 Å². The van der Waals surface area contributed by atoms with E-state index in [9.17, 15) is 9.59 Å². The molecule has 1 fully saturated rings. The van der Waals surface area contributed by atoms with E-state index < -0.39 is 5.97 Å². The molecule has 0 atom stereocenters. The molecule has 0 unspecified atom stereocenters. The Morgan fingerprint density at radius 3 is 2.40 bits per heavy atom. The number of aromatic carboxylic acids is 1. The largest absolute Gasteiger partial charge is 0.478 e. The highest BCUT2D eigenvalue weighted by molar-refractivity contribution is 5.87. The Kier molecular flexibility index (Phi) is 5.46. The maximum atomic E-state index is 11.8. The number of hydrogen-bond acceptors (Lipinski definition) is 3. The van der Waals surface area contributed by atoms with Gasteiger partial charge in [-0.05, 0) is 35.2 Å². The van der Waals surface area contributed by atoms with Crippen molar-refractivity contribution in [3.8, 4) is 0 Å². The highest BCUT2D eigenvalue weighted by atomic mass is 16.4. The maximum Gasteiger partial charge on any atom is 0.335 e. The zero-order chi connectivity index (χ0) is 17.6. The number of carbonyl (C=O) groups is 2. The zero-order valence-electron chi connectivity index (χ0n) is 14.1. The molecule has 0 radical (unpaired) electrons. The van der Waals surface area contributed by atoms with Gasteiger partial charge in [-0.2, -0.15) is 0 Å². The topological polar surface area (TPSA) is 69.6 Å². The van der Waals surface area contributed by atoms with Gasteiger partial charge in [-0.25, -0.2) is 4.79 Å². The first kappa shape index (κ1) is 17.2. The highest BCUT2D eigenvalue weighted by Gasteiger charge is 2.20. The van der Waals surface area contributed by atoms with E-state index in [0.29, 0.717) is 31.6 Å². The van der Waals surface area contributed by atoms with E-state index in [4.69, 9.17) is 5.11 Å². The quantitative estimate of drug-likeness (QED) is 0.814. The molecule has 130 valence electrons. The molecule has 2 N–H and O–H groups in total. The van der Waals surface area contributed by atoms with Crippen LogP contribution < -0.4 is 5.32 Å². The minimum Gasteiger partial charge on any atom is -0.478 e. The normalized spacial score (nSPS) is 14.1. The molecular weight excluding hydrogens is 316 g/mol. The van der Waals surface area contributed by atoms with Crippen molar-refractivity contribution >= 4 is 11.9 Å². The van der Waals surface area contributed by atoms with Crippen molar-refractivity contribution in [1.82, 2.24) is 10.2 Å². The standard InChI is InChI=1S/C20H22N2O3/c23-19-6-3-11-22(19)14-18-5-2-1-4-17(18)13-21-12-15-7-9-16(10-8-15)20(24)25/h1-2,4-5,7-10,21H,3,6,11-14H2,(H,24,25). The van der Waals surface area contributed by atoms with Crippen LogP contribution in [0.25, 0.3) is 0 Å². The third kappa shape index (κ3) is 4.45. The van der Waals surface area contributed by atoms with E-state index in [1.165, 1.54) is 11.1 Å². The Morgan fingerprint density at radius 2 is 1.76 bits per heavy atom. The second kappa shape index (κ2) is 7.94. The number of amides is 1. The summed E-state index contributed by atoms with van der Waals surface area (Å²) >= 11 is 0. The minimum absolute atomic E-state index is 0.237. The molecule has 1 heterocycles. The second-order valence-corrected chi connectivity index (χ2v) is 6.29. The fourth-order valence-electron chi connectivity index (χ4n) is 3.07. The zero-order valence-corrected chi connectivity index (χ0v) is 14.1. The number of likely N-dealkylation sites (tertiary alicyclic amines) is 1. The summed E-state index contributed by atoms with van der Waals surface area (Å²) in [6, 6.07) is 15.0. The summed E-state index contributed by atoms with van der Waals surface area (Å²) in [5.41, 5.74) is 3.69. The molecule has 1 aliphatic heterocycles. The summed E-state index contributed by atoms with van der Waals surface area (Å²) in [4.78, 5) is 24.6. The van der Waals surface area contributed by atoms with Crippen LogP contribution in [0.3, 0.4) is 0 Å². The molecule has 5 nitrogen and oxygen atoms in total. The van der Waals surface area contributed by atoms with Gasteiger partial charge in [0.05, 0.1) is 5.56 Å². The van der Waals surface area contributed by atoms with E-state index in [1.54, 1.807) is 12.1 Å². The van der Waals surface area contributed by atoms with Crippen LogP contribution in [-0.2, 0) is 24.4 Å². The van der Waals surface area contributed by atoms with Gasteiger partial charge in [0.15, 0.2) is 0 Å². The lowest BCUT2D eigenvalue weighted by Gasteiger charge is -2.18. The van der Waals surface area contributed by atoms with Gasteiger partial charge >= 0.3 is 5.97 Å². The van der Waals surface area contributed by atoms with Crippen molar-refractivity contribution in [3.05, 3.63) is 70.8 Å². The molecule has 0 aliphatic carbocycles. The summed E-state index contributed by atoms with van der Waals surface area (Å²) in [5, 5.41) is 12.3. The smallest absolute Gasteiger partial charge is 0.335 e. The van der Waals surface area contributed by atoms with Gasteiger partial charge in [0.1, 0.15) is 0 Å². The number of nitrogens with one attached hydrogen (secondary N) is 1. The molecule has 0 bridgehead atoms. The Labute approximate surface area is 147 Å². The Hall–Kier alpha value is -2.66. The average Bonchev–Trinajstić information content (AvgIpc) is 3.02. The van der Waals surface area contributed by atoms with Crippen LogP contribution in [0.2, 0.25) is 0 Å². The number of carboxylic acid groups (broad SMARTS) is 1. The van der Waals surface area contributed by atoms with Gasteiger partial charge in [0.2, 0.25) is 5.91 Å². The van der Waals surface area contributed by atoms with E-state index in [2.05, 4.69) is 17.4 Å². The second-order valence-electron chi connectivity index (χ2n) is 6.29. The number of carboxylic acids is 1. The van der Waals surface area contributed by atoms with Crippen LogP contribution in [0, 0.1) is 0 Å². The number of hydrogen-bond donors (Lipinski definition) is 2. The predicted octanol–water partition coefficient (Wildman–Crippen LogP) is 2.80. The third-order valence-corrected chi connectivity index (χ3v) is 4.50. The lowest BCUT2D eigenvalue weighted by Crippen LogP contribution is -2.25. The molecule has 1 saturated heterocycles. The first-order valence-electron chi connectivity index (χ1n) is 8.51. The van der Waals surface area contributed by atoms with Crippen molar-refractivity contribution in [2.45, 2.75) is 32.5 Å². The van der Waals surface area contributed by atoms with E-state index in [0.717, 1.165) is 18.5 Å².